The summed E-state index contributed by atoms with van der Waals surface area (Å²) in [6, 6.07) is 27.0. The fraction of sp³-hybridized carbons (Fsp3) is 0.486. The monoisotopic (exact) mass is 650 g/mol. The molecule has 7 rings (SSSR count). The molecule has 3 aliphatic carbocycles. The van der Waals surface area contributed by atoms with Crippen LogP contribution in [0.2, 0.25) is 0 Å². The second-order valence-electron chi connectivity index (χ2n) is 12.2. The van der Waals surface area contributed by atoms with Gasteiger partial charge in [0.1, 0.15) is 0 Å². The summed E-state index contributed by atoms with van der Waals surface area (Å²) in [6.45, 7) is 0. The molecule has 0 spiro atoms. The largest absolute Gasteiger partial charge is 0.150 e. The van der Waals surface area contributed by atoms with Crippen molar-refractivity contribution in [3.63, 3.8) is 0 Å². The minimum Gasteiger partial charge on any atom is -0.150 e. The van der Waals surface area contributed by atoms with Crippen LogP contribution in [0.3, 0.4) is 0 Å². The summed E-state index contributed by atoms with van der Waals surface area (Å²) in [6.07, 6.45) is 22.2. The number of hydrogen-bond acceptors (Lipinski definition) is 0. The van der Waals surface area contributed by atoms with E-state index in [0.717, 1.165) is 11.8 Å². The molecule has 3 saturated carbocycles. The van der Waals surface area contributed by atoms with Crippen LogP contribution in [0, 0.1) is 0 Å². The van der Waals surface area contributed by atoms with Crippen molar-refractivity contribution in [2.24, 2.45) is 0 Å². The van der Waals surface area contributed by atoms with Crippen molar-refractivity contribution >= 4 is 41.8 Å². The third kappa shape index (κ3) is 8.30. The molecule has 0 bridgehead atoms. The van der Waals surface area contributed by atoms with Crippen LogP contribution in [0.4, 0.5) is 0 Å². The molecule has 214 valence electrons. The average Bonchev–Trinajstić information content (AvgIpc) is 3.67. The third-order valence-corrected chi connectivity index (χ3v) is 15.2. The number of benzene rings is 2. The van der Waals surface area contributed by atoms with Gasteiger partial charge < -0.3 is 0 Å². The fourth-order valence-electron chi connectivity index (χ4n) is 7.23. The van der Waals surface area contributed by atoms with Gasteiger partial charge >= 0.3 is 64.8 Å². The Balaban J connectivity index is 0.000000128. The zero-order valence-electron chi connectivity index (χ0n) is 24.2. The van der Waals surface area contributed by atoms with E-state index in [1.807, 2.05) is 0 Å². The maximum absolute atomic E-state index is 5.81. The van der Waals surface area contributed by atoms with Gasteiger partial charge in [0, 0.05) is 0 Å². The SMILES string of the molecule is [Cl][Zr]([Cl])=[C]1CCCC1.c1ccc2c(C3CCCCCC3)c[cH-]c2c1.c1ccc2c(C3CCCCCC3)c[cH-]c2c1. The summed E-state index contributed by atoms with van der Waals surface area (Å²) < 4.78 is 1.52. The normalized spacial score (nSPS) is 18.9. The predicted octanol–water partition coefficient (Wildman–Crippen LogP) is 12.7. The number of hydrogen-bond donors (Lipinski definition) is 0. The van der Waals surface area contributed by atoms with Gasteiger partial charge in [-0.15, -0.1) is 82.2 Å². The molecule has 0 nitrogen and oxygen atoms in total. The minimum atomic E-state index is -1.85. The van der Waals surface area contributed by atoms with Gasteiger partial charge in [-0.3, -0.25) is 0 Å². The Morgan fingerprint density at radius 3 is 1.30 bits per heavy atom. The zero-order valence-corrected chi connectivity index (χ0v) is 28.1. The molecule has 0 aromatic heterocycles. The molecule has 3 heteroatoms. The Bertz CT molecular complexity index is 1240. The van der Waals surface area contributed by atoms with Gasteiger partial charge in [-0.05, 0) is 0 Å². The smallest absolute Gasteiger partial charge is 0.0533 e. The Hall–Kier alpha value is -1.01. The maximum atomic E-state index is 5.81. The molecule has 4 aromatic carbocycles. The zero-order chi connectivity index (χ0) is 27.6. The molecule has 4 aromatic rings. The van der Waals surface area contributed by atoms with Crippen molar-refractivity contribution in [3.8, 4) is 0 Å². The topological polar surface area (TPSA) is 0 Å². The van der Waals surface area contributed by atoms with Crippen LogP contribution in [-0.4, -0.2) is 3.21 Å². The summed E-state index contributed by atoms with van der Waals surface area (Å²) in [5.41, 5.74) is 3.22. The van der Waals surface area contributed by atoms with E-state index in [0.29, 0.717) is 0 Å². The van der Waals surface area contributed by atoms with Crippen molar-refractivity contribution in [3.05, 3.63) is 83.9 Å². The van der Waals surface area contributed by atoms with Gasteiger partial charge in [0.2, 0.25) is 0 Å². The molecule has 0 atom stereocenters. The molecule has 3 aliphatic rings. The van der Waals surface area contributed by atoms with E-state index < -0.39 is 18.9 Å². The van der Waals surface area contributed by atoms with Crippen molar-refractivity contribution in [2.75, 3.05) is 0 Å². The quantitative estimate of drug-likeness (QED) is 0.149. The van der Waals surface area contributed by atoms with Crippen LogP contribution < -0.4 is 0 Å². The van der Waals surface area contributed by atoms with Crippen LogP contribution in [-0.2, 0) is 18.9 Å². The number of rotatable bonds is 2. The van der Waals surface area contributed by atoms with E-state index in [-0.39, 0.29) is 0 Å². The Kier molecular flexibility index (Phi) is 12.2. The van der Waals surface area contributed by atoms with Gasteiger partial charge in [0.05, 0.1) is 0 Å². The van der Waals surface area contributed by atoms with E-state index in [1.54, 1.807) is 11.1 Å². The van der Waals surface area contributed by atoms with E-state index in [2.05, 4.69) is 72.8 Å². The summed E-state index contributed by atoms with van der Waals surface area (Å²) >= 11 is -1.85. The van der Waals surface area contributed by atoms with Crippen molar-refractivity contribution < 1.29 is 18.9 Å². The Labute approximate surface area is 257 Å². The molecule has 0 radical (unpaired) electrons. The van der Waals surface area contributed by atoms with Gasteiger partial charge in [-0.1, -0.05) is 101 Å². The predicted molar refractivity (Wildman–Crippen MR) is 175 cm³/mol. The number of halogens is 2. The van der Waals surface area contributed by atoms with Crippen LogP contribution in [0.1, 0.15) is 126 Å². The van der Waals surface area contributed by atoms with Crippen LogP contribution in [0.25, 0.3) is 21.5 Å². The molecule has 3 fully saturated rings. The molecule has 40 heavy (non-hydrogen) atoms. The number of fused-ring (bicyclic) bond motifs is 2. The van der Waals surface area contributed by atoms with Gasteiger partial charge in [0.15, 0.2) is 0 Å². The van der Waals surface area contributed by atoms with E-state index in [1.165, 1.54) is 127 Å². The molecular formula is C37H46Cl2Zr-2. The second kappa shape index (κ2) is 16.0. The van der Waals surface area contributed by atoms with Crippen LogP contribution in [0.15, 0.2) is 72.8 Å². The first-order chi connectivity index (χ1) is 19.7. The Morgan fingerprint density at radius 2 is 0.925 bits per heavy atom. The summed E-state index contributed by atoms with van der Waals surface area (Å²) in [5, 5.41) is 5.83. The molecule has 0 aliphatic heterocycles. The van der Waals surface area contributed by atoms with E-state index >= 15 is 0 Å². The standard InChI is InChI=1S/2C16H19.C5H8.2ClH.Zr/c2*1-2-4-8-13(7-3-1)16-12-11-14-9-5-6-10-15(14)16;1-2-4-5-3-1;;;/h2*5-6,9-13H,1-4,7-8H2;1-4H2;2*1H;/q2*-1;;;;+2/p-2. The maximum Gasteiger partial charge on any atom is -0.0533 e. The van der Waals surface area contributed by atoms with Crippen LogP contribution in [0.5, 0.6) is 0 Å². The molecular weight excluding hydrogens is 607 g/mol. The van der Waals surface area contributed by atoms with Crippen LogP contribution >= 0.6 is 17.0 Å². The molecule has 0 saturated heterocycles. The fourth-order valence-corrected chi connectivity index (χ4v) is 11.3. The minimum absolute atomic E-state index is 0.822. The first-order valence-electron chi connectivity index (χ1n) is 16.0. The molecule has 0 amide bonds. The summed E-state index contributed by atoms with van der Waals surface area (Å²) in [5.74, 6) is 1.64. The van der Waals surface area contributed by atoms with E-state index in [4.69, 9.17) is 17.0 Å². The first kappa shape index (κ1) is 30.5. The molecule has 0 unspecified atom stereocenters. The summed E-state index contributed by atoms with van der Waals surface area (Å²) in [4.78, 5) is 0. The Morgan fingerprint density at radius 1 is 0.525 bits per heavy atom. The van der Waals surface area contributed by atoms with Crippen molar-refractivity contribution in [1.29, 1.82) is 0 Å². The van der Waals surface area contributed by atoms with E-state index in [9.17, 15) is 0 Å². The van der Waals surface area contributed by atoms with Gasteiger partial charge in [-0.25, -0.2) is 0 Å². The first-order valence-corrected chi connectivity index (χ1v) is 23.6. The van der Waals surface area contributed by atoms with Gasteiger partial charge in [0.25, 0.3) is 0 Å². The molecule has 0 heterocycles. The molecule has 0 N–H and O–H groups in total. The van der Waals surface area contributed by atoms with Crippen molar-refractivity contribution in [1.82, 2.24) is 0 Å². The third-order valence-electron chi connectivity index (χ3n) is 9.49. The van der Waals surface area contributed by atoms with Crippen molar-refractivity contribution in [2.45, 2.75) is 115 Å². The van der Waals surface area contributed by atoms with Gasteiger partial charge in [-0.2, -0.15) is 11.1 Å². The summed E-state index contributed by atoms with van der Waals surface area (Å²) in [7, 11) is 11.6. The second-order valence-corrected chi connectivity index (χ2v) is 20.8. The average molecular weight is 653 g/mol.